The number of nitrogen functional groups attached to an aromatic ring is 1. The van der Waals surface area contributed by atoms with E-state index < -0.39 is 10.0 Å². The highest BCUT2D eigenvalue weighted by atomic mass is 35.5. The Bertz CT molecular complexity index is 717. The number of benzene rings is 2. The Morgan fingerprint density at radius 1 is 1.00 bits per heavy atom. The maximum absolute atomic E-state index is 12.1. The molecule has 0 saturated heterocycles. The largest absolute Gasteiger partial charge is 0.397 e. The van der Waals surface area contributed by atoms with E-state index in [1.54, 1.807) is 18.2 Å². The van der Waals surface area contributed by atoms with Crippen molar-refractivity contribution < 1.29 is 8.42 Å². The Balaban J connectivity index is 2.39. The lowest BCUT2D eigenvalue weighted by Crippen LogP contribution is -2.14. The number of halogens is 2. The van der Waals surface area contributed by atoms with Gasteiger partial charge in [0.05, 0.1) is 16.3 Å². The van der Waals surface area contributed by atoms with Gasteiger partial charge in [-0.1, -0.05) is 29.3 Å². The minimum atomic E-state index is -3.75. The third kappa shape index (κ3) is 3.32. The van der Waals surface area contributed by atoms with E-state index in [-0.39, 0.29) is 16.3 Å². The van der Waals surface area contributed by atoms with Crippen molar-refractivity contribution in [2.24, 2.45) is 0 Å². The number of nitrogens with two attached hydrogens (primary N) is 1. The van der Waals surface area contributed by atoms with Crippen LogP contribution in [0.1, 0.15) is 0 Å². The van der Waals surface area contributed by atoms with Crippen LogP contribution < -0.4 is 10.5 Å². The average Bonchev–Trinajstić information content (AvgIpc) is 2.33. The van der Waals surface area contributed by atoms with Crippen LogP contribution in [-0.2, 0) is 10.0 Å². The first-order valence-electron chi connectivity index (χ1n) is 5.22. The molecule has 0 aliphatic rings. The monoisotopic (exact) mass is 316 g/mol. The second-order valence-electron chi connectivity index (χ2n) is 3.79. The molecule has 3 N–H and O–H groups in total. The number of anilines is 2. The Hall–Kier alpha value is -1.43. The topological polar surface area (TPSA) is 72.2 Å². The van der Waals surface area contributed by atoms with Gasteiger partial charge in [-0.25, -0.2) is 8.42 Å². The fourth-order valence-corrected chi connectivity index (χ4v) is 3.01. The van der Waals surface area contributed by atoms with Crippen LogP contribution in [0.2, 0.25) is 10.0 Å². The first-order chi connectivity index (χ1) is 8.88. The Kier molecular flexibility index (Phi) is 3.89. The number of rotatable bonds is 3. The van der Waals surface area contributed by atoms with Gasteiger partial charge in [0.15, 0.2) is 0 Å². The van der Waals surface area contributed by atoms with Gasteiger partial charge < -0.3 is 5.73 Å². The van der Waals surface area contributed by atoms with E-state index >= 15 is 0 Å². The first kappa shape index (κ1) is 14.0. The Morgan fingerprint density at radius 3 is 2.37 bits per heavy atom. The molecule has 0 unspecified atom stereocenters. The SMILES string of the molecule is Nc1ccc(Cl)cc1NS(=O)(=O)c1cccc(Cl)c1. The van der Waals surface area contributed by atoms with Gasteiger partial charge in [0.25, 0.3) is 10.0 Å². The van der Waals surface area contributed by atoms with Gasteiger partial charge >= 0.3 is 0 Å². The fraction of sp³-hybridized carbons (Fsp3) is 0. The molecule has 0 heterocycles. The molecular weight excluding hydrogens is 307 g/mol. The zero-order valence-corrected chi connectivity index (χ0v) is 11.9. The fourth-order valence-electron chi connectivity index (χ4n) is 1.45. The molecule has 2 rings (SSSR count). The van der Waals surface area contributed by atoms with E-state index in [0.29, 0.717) is 10.0 Å². The van der Waals surface area contributed by atoms with Gasteiger partial charge in [-0.3, -0.25) is 4.72 Å². The number of hydrogen-bond donors (Lipinski definition) is 2. The summed E-state index contributed by atoms with van der Waals surface area (Å²) in [4.78, 5) is 0.0550. The zero-order valence-electron chi connectivity index (χ0n) is 9.60. The van der Waals surface area contributed by atoms with Gasteiger partial charge in [0, 0.05) is 10.0 Å². The summed E-state index contributed by atoms with van der Waals surface area (Å²) >= 11 is 11.6. The molecule has 19 heavy (non-hydrogen) atoms. The second-order valence-corrected chi connectivity index (χ2v) is 6.35. The lowest BCUT2D eigenvalue weighted by molar-refractivity contribution is 0.601. The van der Waals surface area contributed by atoms with Crippen LogP contribution in [0.4, 0.5) is 11.4 Å². The van der Waals surface area contributed by atoms with E-state index in [9.17, 15) is 8.42 Å². The van der Waals surface area contributed by atoms with Crippen molar-refractivity contribution in [3.8, 4) is 0 Å². The van der Waals surface area contributed by atoms with Gasteiger partial charge in [0.2, 0.25) is 0 Å². The van der Waals surface area contributed by atoms with E-state index in [4.69, 9.17) is 28.9 Å². The predicted molar refractivity (Wildman–Crippen MR) is 78.1 cm³/mol. The predicted octanol–water partition coefficient (Wildman–Crippen LogP) is 3.38. The first-order valence-corrected chi connectivity index (χ1v) is 7.46. The number of nitrogens with one attached hydrogen (secondary N) is 1. The molecular formula is C12H10Cl2N2O2S. The quantitative estimate of drug-likeness (QED) is 0.853. The maximum Gasteiger partial charge on any atom is 0.262 e. The van der Waals surface area contributed by atoms with E-state index in [1.165, 1.54) is 24.3 Å². The summed E-state index contributed by atoms with van der Waals surface area (Å²) in [6.45, 7) is 0. The lowest BCUT2D eigenvalue weighted by Gasteiger charge is -2.10. The number of hydrogen-bond acceptors (Lipinski definition) is 3. The van der Waals surface area contributed by atoms with Crippen molar-refractivity contribution in [1.29, 1.82) is 0 Å². The molecule has 100 valence electrons. The van der Waals surface area contributed by atoms with Crippen molar-refractivity contribution >= 4 is 44.6 Å². The standard InChI is InChI=1S/C12H10Cl2N2O2S/c13-8-2-1-3-10(6-8)19(17,18)16-12-7-9(14)4-5-11(12)15/h1-7,16H,15H2. The highest BCUT2D eigenvalue weighted by Gasteiger charge is 2.16. The normalized spacial score (nSPS) is 11.3. The van der Waals surface area contributed by atoms with Crippen molar-refractivity contribution in [2.45, 2.75) is 4.90 Å². The summed E-state index contributed by atoms with van der Waals surface area (Å²) in [5.41, 5.74) is 6.21. The summed E-state index contributed by atoms with van der Waals surface area (Å²) in [5.74, 6) is 0. The van der Waals surface area contributed by atoms with Crippen LogP contribution >= 0.6 is 23.2 Å². The molecule has 2 aromatic rings. The third-order valence-electron chi connectivity index (χ3n) is 2.37. The smallest absolute Gasteiger partial charge is 0.262 e. The molecule has 0 radical (unpaired) electrons. The summed E-state index contributed by atoms with van der Waals surface area (Å²) in [5, 5.41) is 0.722. The molecule has 2 aromatic carbocycles. The minimum Gasteiger partial charge on any atom is -0.397 e. The molecule has 0 amide bonds. The Labute approximate surface area is 121 Å². The number of sulfonamides is 1. The lowest BCUT2D eigenvalue weighted by atomic mass is 10.3. The molecule has 7 heteroatoms. The molecule has 0 bridgehead atoms. The summed E-state index contributed by atoms with van der Waals surface area (Å²) in [6.07, 6.45) is 0. The Morgan fingerprint density at radius 2 is 1.68 bits per heavy atom. The molecule has 0 fully saturated rings. The maximum atomic E-state index is 12.1. The van der Waals surface area contributed by atoms with Crippen LogP contribution in [0, 0.1) is 0 Å². The average molecular weight is 317 g/mol. The van der Waals surface area contributed by atoms with E-state index in [1.807, 2.05) is 0 Å². The van der Waals surface area contributed by atoms with Gasteiger partial charge in [-0.15, -0.1) is 0 Å². The molecule has 0 aliphatic carbocycles. The third-order valence-corrected chi connectivity index (χ3v) is 4.20. The molecule has 0 spiro atoms. The molecule has 0 saturated carbocycles. The molecule has 4 nitrogen and oxygen atoms in total. The van der Waals surface area contributed by atoms with Gasteiger partial charge in [0.1, 0.15) is 0 Å². The second kappa shape index (κ2) is 5.28. The highest BCUT2D eigenvalue weighted by molar-refractivity contribution is 7.92. The van der Waals surface area contributed by atoms with Gasteiger partial charge in [-0.2, -0.15) is 0 Å². The summed E-state index contributed by atoms with van der Waals surface area (Å²) in [6, 6.07) is 10.5. The van der Waals surface area contributed by atoms with Crippen molar-refractivity contribution in [3.63, 3.8) is 0 Å². The summed E-state index contributed by atoms with van der Waals surface area (Å²) < 4.78 is 26.7. The minimum absolute atomic E-state index is 0.0550. The van der Waals surface area contributed by atoms with E-state index in [0.717, 1.165) is 0 Å². The highest BCUT2D eigenvalue weighted by Crippen LogP contribution is 2.26. The van der Waals surface area contributed by atoms with Crippen LogP contribution in [0.5, 0.6) is 0 Å². The van der Waals surface area contributed by atoms with E-state index in [2.05, 4.69) is 4.72 Å². The summed E-state index contributed by atoms with van der Waals surface area (Å²) in [7, 11) is -3.75. The van der Waals surface area contributed by atoms with Crippen LogP contribution in [-0.4, -0.2) is 8.42 Å². The van der Waals surface area contributed by atoms with Crippen LogP contribution in [0.3, 0.4) is 0 Å². The molecule has 0 atom stereocenters. The molecule has 0 aromatic heterocycles. The van der Waals surface area contributed by atoms with Crippen LogP contribution in [0.25, 0.3) is 0 Å². The molecule has 0 aliphatic heterocycles. The zero-order chi connectivity index (χ0) is 14.0. The van der Waals surface area contributed by atoms with Gasteiger partial charge in [-0.05, 0) is 36.4 Å². The van der Waals surface area contributed by atoms with Crippen molar-refractivity contribution in [3.05, 3.63) is 52.5 Å². The van der Waals surface area contributed by atoms with Crippen molar-refractivity contribution in [2.75, 3.05) is 10.5 Å². The van der Waals surface area contributed by atoms with Crippen molar-refractivity contribution in [1.82, 2.24) is 0 Å². The van der Waals surface area contributed by atoms with Crippen LogP contribution in [0.15, 0.2) is 47.4 Å².